The van der Waals surface area contributed by atoms with Gasteiger partial charge in [-0.3, -0.25) is 14.6 Å². The molecule has 5 heteroatoms. The summed E-state index contributed by atoms with van der Waals surface area (Å²) in [6, 6.07) is 5.28. The first-order valence-corrected chi connectivity index (χ1v) is 7.53. The van der Waals surface area contributed by atoms with E-state index in [1.54, 1.807) is 4.90 Å². The van der Waals surface area contributed by atoms with Crippen LogP contribution < -0.4 is 5.32 Å². The van der Waals surface area contributed by atoms with Crippen LogP contribution in [0.5, 0.6) is 0 Å². The number of carbonyl (C=O) groups excluding carboxylic acids is 2. The van der Waals surface area contributed by atoms with Crippen molar-refractivity contribution >= 4 is 11.8 Å². The number of nitrogens with zero attached hydrogens (tertiary/aromatic N) is 2. The Bertz CT molecular complexity index is 530. The molecule has 0 aromatic carbocycles. The summed E-state index contributed by atoms with van der Waals surface area (Å²) in [4.78, 5) is 30.8. The number of aromatic nitrogens is 1. The third-order valence-corrected chi connectivity index (χ3v) is 3.78. The molecule has 1 N–H and O–H groups in total. The molecule has 0 spiro atoms. The van der Waals surface area contributed by atoms with Gasteiger partial charge in [0, 0.05) is 18.2 Å². The Balaban J connectivity index is 2.21. The van der Waals surface area contributed by atoms with Gasteiger partial charge in [0.25, 0.3) is 0 Å². The van der Waals surface area contributed by atoms with Crippen LogP contribution in [0.15, 0.2) is 18.2 Å². The highest BCUT2D eigenvalue weighted by atomic mass is 16.2. The molecule has 1 aliphatic heterocycles. The number of amides is 2. The molecule has 2 unspecified atom stereocenters. The lowest BCUT2D eigenvalue weighted by Crippen LogP contribution is -2.46. The largest absolute Gasteiger partial charge is 0.344 e. The fourth-order valence-corrected chi connectivity index (χ4v) is 2.69. The molecule has 1 saturated heterocycles. The number of hydrogen-bond donors (Lipinski definition) is 1. The van der Waals surface area contributed by atoms with Gasteiger partial charge in [-0.2, -0.15) is 0 Å². The van der Waals surface area contributed by atoms with Gasteiger partial charge in [-0.25, -0.2) is 0 Å². The van der Waals surface area contributed by atoms with Crippen LogP contribution in [-0.4, -0.2) is 33.8 Å². The van der Waals surface area contributed by atoms with Crippen molar-refractivity contribution in [1.82, 2.24) is 15.2 Å². The summed E-state index contributed by atoms with van der Waals surface area (Å²) in [5.41, 5.74) is 1.79. The second-order valence-corrected chi connectivity index (χ2v) is 5.70. The normalized spacial score (nSPS) is 22.9. The molecule has 0 saturated carbocycles. The standard InChI is InChI=1S/C16H23N3O2/c1-4-6-14-16(21)19(12(3)9-15(20)18-14)10-13-8-5-7-11(2)17-13/h5,7-8,12,14H,4,6,9-10H2,1-3H3,(H,18,20). The van der Waals surface area contributed by atoms with Crippen LogP contribution in [0.1, 0.15) is 44.5 Å². The Morgan fingerprint density at radius 2 is 2.14 bits per heavy atom. The topological polar surface area (TPSA) is 62.3 Å². The number of nitrogens with one attached hydrogen (secondary N) is 1. The van der Waals surface area contributed by atoms with Crippen molar-refractivity contribution in [3.63, 3.8) is 0 Å². The summed E-state index contributed by atoms with van der Waals surface area (Å²) in [5.74, 6) is -0.0486. The molecule has 2 atom stereocenters. The van der Waals surface area contributed by atoms with E-state index in [0.29, 0.717) is 19.4 Å². The van der Waals surface area contributed by atoms with E-state index in [4.69, 9.17) is 0 Å². The average molecular weight is 289 g/mol. The summed E-state index contributed by atoms with van der Waals surface area (Å²) < 4.78 is 0. The smallest absolute Gasteiger partial charge is 0.245 e. The monoisotopic (exact) mass is 289 g/mol. The number of hydrogen-bond acceptors (Lipinski definition) is 3. The predicted molar refractivity (Wildman–Crippen MR) is 80.4 cm³/mol. The second-order valence-electron chi connectivity index (χ2n) is 5.70. The van der Waals surface area contributed by atoms with E-state index >= 15 is 0 Å². The molecular weight excluding hydrogens is 266 g/mol. The van der Waals surface area contributed by atoms with Crippen molar-refractivity contribution in [1.29, 1.82) is 0 Å². The van der Waals surface area contributed by atoms with Crippen molar-refractivity contribution in [3.8, 4) is 0 Å². The first kappa shape index (κ1) is 15.5. The van der Waals surface area contributed by atoms with Crippen molar-refractivity contribution in [2.45, 2.75) is 58.7 Å². The summed E-state index contributed by atoms with van der Waals surface area (Å²) in [6.45, 7) is 6.32. The Hall–Kier alpha value is -1.91. The first-order chi connectivity index (χ1) is 10.0. The minimum Gasteiger partial charge on any atom is -0.344 e. The molecule has 114 valence electrons. The van der Waals surface area contributed by atoms with Crippen molar-refractivity contribution in [2.75, 3.05) is 0 Å². The molecule has 0 aliphatic carbocycles. The van der Waals surface area contributed by atoms with Gasteiger partial charge in [0.2, 0.25) is 11.8 Å². The molecule has 0 radical (unpaired) electrons. The SMILES string of the molecule is CCCC1NC(=O)CC(C)N(Cc2cccc(C)n2)C1=O. The third-order valence-electron chi connectivity index (χ3n) is 3.78. The summed E-state index contributed by atoms with van der Waals surface area (Å²) in [7, 11) is 0. The Morgan fingerprint density at radius 1 is 1.38 bits per heavy atom. The number of carbonyl (C=O) groups is 2. The molecule has 2 heterocycles. The molecule has 2 amide bonds. The van der Waals surface area contributed by atoms with Crippen molar-refractivity contribution < 1.29 is 9.59 Å². The lowest BCUT2D eigenvalue weighted by Gasteiger charge is -2.28. The van der Waals surface area contributed by atoms with Crippen LogP contribution in [0.25, 0.3) is 0 Å². The maximum atomic E-state index is 12.7. The molecule has 2 rings (SSSR count). The van der Waals surface area contributed by atoms with Crippen molar-refractivity contribution in [3.05, 3.63) is 29.6 Å². The van der Waals surface area contributed by atoms with Gasteiger partial charge < -0.3 is 10.2 Å². The maximum Gasteiger partial charge on any atom is 0.245 e. The van der Waals surface area contributed by atoms with E-state index in [9.17, 15) is 9.59 Å². The molecule has 1 aromatic heterocycles. The van der Waals surface area contributed by atoms with Gasteiger partial charge in [-0.05, 0) is 32.4 Å². The zero-order valence-electron chi connectivity index (χ0n) is 12.9. The molecule has 21 heavy (non-hydrogen) atoms. The molecule has 1 fully saturated rings. The van der Waals surface area contributed by atoms with Gasteiger partial charge >= 0.3 is 0 Å². The van der Waals surface area contributed by atoms with Gasteiger partial charge in [0.1, 0.15) is 6.04 Å². The van der Waals surface area contributed by atoms with Crippen LogP contribution >= 0.6 is 0 Å². The van der Waals surface area contributed by atoms with Gasteiger partial charge in [0.05, 0.1) is 12.2 Å². The van der Waals surface area contributed by atoms with Gasteiger partial charge in [0.15, 0.2) is 0 Å². The van der Waals surface area contributed by atoms with Crippen LogP contribution in [0.2, 0.25) is 0 Å². The Labute approximate surface area is 125 Å². The number of pyridine rings is 1. The van der Waals surface area contributed by atoms with Gasteiger partial charge in [-0.15, -0.1) is 0 Å². The highest BCUT2D eigenvalue weighted by Gasteiger charge is 2.33. The van der Waals surface area contributed by atoms with E-state index in [1.807, 2.05) is 39.0 Å². The van der Waals surface area contributed by atoms with Gasteiger partial charge in [-0.1, -0.05) is 19.4 Å². The molecule has 0 bridgehead atoms. The van der Waals surface area contributed by atoms with E-state index in [-0.39, 0.29) is 17.9 Å². The zero-order chi connectivity index (χ0) is 15.4. The quantitative estimate of drug-likeness (QED) is 0.919. The summed E-state index contributed by atoms with van der Waals surface area (Å²) in [5, 5.41) is 2.84. The lowest BCUT2D eigenvalue weighted by molar-refractivity contribution is -0.135. The average Bonchev–Trinajstić information content (AvgIpc) is 2.51. The highest BCUT2D eigenvalue weighted by molar-refractivity contribution is 5.90. The minimum absolute atomic E-state index is 0.00138. The first-order valence-electron chi connectivity index (χ1n) is 7.53. The van der Waals surface area contributed by atoms with E-state index < -0.39 is 6.04 Å². The fraction of sp³-hybridized carbons (Fsp3) is 0.562. The minimum atomic E-state index is -0.405. The fourth-order valence-electron chi connectivity index (χ4n) is 2.69. The second kappa shape index (κ2) is 6.70. The lowest BCUT2D eigenvalue weighted by atomic mass is 10.1. The van der Waals surface area contributed by atoms with Crippen LogP contribution in [0.4, 0.5) is 0 Å². The third kappa shape index (κ3) is 3.80. The zero-order valence-corrected chi connectivity index (χ0v) is 12.9. The molecular formula is C16H23N3O2. The van der Waals surface area contributed by atoms with E-state index in [1.165, 1.54) is 0 Å². The molecule has 1 aliphatic rings. The number of rotatable bonds is 4. The Morgan fingerprint density at radius 3 is 2.81 bits per heavy atom. The molecule has 1 aromatic rings. The van der Waals surface area contributed by atoms with Crippen LogP contribution in [0, 0.1) is 6.92 Å². The maximum absolute atomic E-state index is 12.7. The summed E-state index contributed by atoms with van der Waals surface area (Å²) in [6.07, 6.45) is 1.88. The van der Waals surface area contributed by atoms with Crippen LogP contribution in [-0.2, 0) is 16.1 Å². The summed E-state index contributed by atoms with van der Waals surface area (Å²) >= 11 is 0. The van der Waals surface area contributed by atoms with Crippen molar-refractivity contribution in [2.24, 2.45) is 0 Å². The highest BCUT2D eigenvalue weighted by Crippen LogP contribution is 2.17. The number of aryl methyl sites for hydroxylation is 1. The van der Waals surface area contributed by atoms with Crippen LogP contribution in [0.3, 0.4) is 0 Å². The molecule has 5 nitrogen and oxygen atoms in total. The Kier molecular flexibility index (Phi) is 4.94. The van der Waals surface area contributed by atoms with E-state index in [2.05, 4.69) is 10.3 Å². The van der Waals surface area contributed by atoms with E-state index in [0.717, 1.165) is 17.8 Å². The predicted octanol–water partition coefficient (Wildman–Crippen LogP) is 1.80.